The Morgan fingerprint density at radius 1 is 0.474 bits per heavy atom. The van der Waals surface area contributed by atoms with Gasteiger partial charge in [0.2, 0.25) is 0 Å². The fourth-order valence-corrected chi connectivity index (χ4v) is 12.8. The third kappa shape index (κ3) is 7.97. The summed E-state index contributed by atoms with van der Waals surface area (Å²) >= 11 is 0. The Balaban J connectivity index is 0.000000561. The fraction of sp³-hybridized carbons (Fsp3) is 0.164. The van der Waals surface area contributed by atoms with Crippen molar-refractivity contribution in [1.29, 1.82) is 0 Å². The number of rotatable bonds is 7. The Labute approximate surface area is 361 Å². The maximum Gasteiger partial charge on any atom is 4.00 e. The minimum Gasteiger partial charge on any atom is -0.343 e. The summed E-state index contributed by atoms with van der Waals surface area (Å²) in [5.41, 5.74) is 8.03. The Bertz CT molecular complexity index is 2540. The van der Waals surface area contributed by atoms with E-state index in [-0.39, 0.29) is 25.8 Å². The number of benzene rings is 7. The Morgan fingerprint density at radius 3 is 1.26 bits per heavy atom. The Hall–Kier alpha value is -4.63. The van der Waals surface area contributed by atoms with E-state index in [4.69, 9.17) is 0 Å². The monoisotopic (exact) mass is 922 g/mol. The maximum absolute atomic E-state index is 3.60. The summed E-state index contributed by atoms with van der Waals surface area (Å²) < 4.78 is 0. The van der Waals surface area contributed by atoms with Crippen LogP contribution in [0.2, 0.25) is 6.55 Å². The number of hydrogen-bond acceptors (Lipinski definition) is 0. The first-order valence-electron chi connectivity index (χ1n) is 20.4. The molecule has 0 radical (unpaired) electrons. The van der Waals surface area contributed by atoms with E-state index in [0.29, 0.717) is 0 Å². The van der Waals surface area contributed by atoms with Gasteiger partial charge in [0, 0.05) is 0 Å². The van der Waals surface area contributed by atoms with Crippen LogP contribution in [0.25, 0.3) is 65.3 Å². The standard InChI is InChI=1S/C47H36Si.2C4H9.Hf/c1-31-29-35-19-13-27-42(46(35)44(31)40-25-11-17-33-15-7-9-23-38(33)40)48(3,37-21-5-4-6-22-37)43-28-14-20-36-30-32(2)45(47(36)43)41-26-12-18-34-16-8-10-24-39(34)41;2*1-3-4-2;/h4-30H,1-3H3;2*1,3-4H2,2H3;/q-2;2*-1;+4. The SMILES string of the molecule is Cc1[cH-]c2cccc([Si](C)(c3ccccc3)c3cccc4[cH-]c(C)c(-c5cccc6ccccc56)c34)c2c1-c1cccc2ccccc12.[CH2-]CCC.[CH2-]CCC.[Hf+4]. The normalized spacial score (nSPS) is 11.2. The predicted molar refractivity (Wildman–Crippen MR) is 252 cm³/mol. The molecular weight excluding hydrogens is 867 g/mol. The Kier molecular flexibility index (Phi) is 13.8. The second kappa shape index (κ2) is 18.7. The van der Waals surface area contributed by atoms with Crippen molar-refractivity contribution in [1.82, 2.24) is 0 Å². The zero-order chi connectivity index (χ0) is 39.2. The molecule has 0 amide bonds. The van der Waals surface area contributed by atoms with Gasteiger partial charge in [-0.1, -0.05) is 201 Å². The van der Waals surface area contributed by atoms with Crippen LogP contribution >= 0.6 is 0 Å². The molecule has 9 aromatic carbocycles. The van der Waals surface area contributed by atoms with E-state index in [2.05, 4.69) is 212 Å². The molecule has 0 spiro atoms. The summed E-state index contributed by atoms with van der Waals surface area (Å²) in [4.78, 5) is 0. The maximum atomic E-state index is 3.60. The first-order valence-corrected chi connectivity index (χ1v) is 22.9. The molecule has 0 aliphatic heterocycles. The van der Waals surface area contributed by atoms with Crippen LogP contribution in [0.1, 0.15) is 50.7 Å². The van der Waals surface area contributed by atoms with Crippen LogP contribution in [0.15, 0.2) is 164 Å². The molecule has 9 rings (SSSR count). The molecule has 0 unspecified atom stereocenters. The summed E-state index contributed by atoms with van der Waals surface area (Å²) in [6.07, 6.45) is 4.56. The molecule has 0 nitrogen and oxygen atoms in total. The molecule has 0 bridgehead atoms. The van der Waals surface area contributed by atoms with Gasteiger partial charge in [-0.3, -0.25) is 0 Å². The Morgan fingerprint density at radius 2 is 0.842 bits per heavy atom. The van der Waals surface area contributed by atoms with Crippen molar-refractivity contribution in [2.24, 2.45) is 0 Å². The summed E-state index contributed by atoms with van der Waals surface area (Å²) in [5.74, 6) is 0. The van der Waals surface area contributed by atoms with Gasteiger partial charge in [-0.25, -0.2) is 0 Å². The van der Waals surface area contributed by atoms with Gasteiger partial charge in [-0.2, -0.15) is 12.8 Å². The second-order valence-corrected chi connectivity index (χ2v) is 19.1. The second-order valence-electron chi connectivity index (χ2n) is 15.2. The molecule has 0 atom stereocenters. The summed E-state index contributed by atoms with van der Waals surface area (Å²) in [6.45, 7) is 18.6. The van der Waals surface area contributed by atoms with Crippen LogP contribution in [-0.2, 0) is 25.8 Å². The molecule has 0 aliphatic rings. The van der Waals surface area contributed by atoms with Gasteiger partial charge in [-0.05, 0) is 21.5 Å². The molecular formula is C55H54HfSi. The van der Waals surface area contributed by atoms with Crippen LogP contribution in [-0.4, -0.2) is 8.07 Å². The molecule has 0 fully saturated rings. The van der Waals surface area contributed by atoms with E-state index < -0.39 is 8.07 Å². The number of aryl methyl sites for hydroxylation is 2. The minimum absolute atomic E-state index is 0. The van der Waals surface area contributed by atoms with Crippen molar-refractivity contribution in [3.05, 3.63) is 189 Å². The first kappa shape index (κ1) is 42.0. The smallest absolute Gasteiger partial charge is 0.343 e. The largest absolute Gasteiger partial charge is 4.00 e. The van der Waals surface area contributed by atoms with Gasteiger partial charge in [0.25, 0.3) is 0 Å². The molecule has 9 aromatic rings. The van der Waals surface area contributed by atoms with E-state index in [9.17, 15) is 0 Å². The molecule has 0 heterocycles. The predicted octanol–water partition coefficient (Wildman–Crippen LogP) is 14.0. The van der Waals surface area contributed by atoms with Crippen molar-refractivity contribution in [2.75, 3.05) is 0 Å². The number of unbranched alkanes of at least 4 members (excludes halogenated alkanes) is 2. The molecule has 0 N–H and O–H groups in total. The van der Waals surface area contributed by atoms with Gasteiger partial charge in [0.05, 0.1) is 0 Å². The average Bonchev–Trinajstić information content (AvgIpc) is 3.78. The molecule has 0 aromatic heterocycles. The molecule has 57 heavy (non-hydrogen) atoms. The van der Waals surface area contributed by atoms with Crippen molar-refractivity contribution < 1.29 is 25.8 Å². The molecule has 0 saturated heterocycles. The van der Waals surface area contributed by atoms with E-state index in [1.165, 1.54) is 105 Å². The first-order chi connectivity index (χ1) is 27.4. The third-order valence-electron chi connectivity index (χ3n) is 11.5. The van der Waals surface area contributed by atoms with E-state index in [0.717, 1.165) is 12.8 Å². The average molecular weight is 922 g/mol. The van der Waals surface area contributed by atoms with Gasteiger partial charge >= 0.3 is 25.8 Å². The van der Waals surface area contributed by atoms with E-state index >= 15 is 0 Å². The summed E-state index contributed by atoms with van der Waals surface area (Å²) in [6, 6.07) is 61.5. The molecule has 0 saturated carbocycles. The third-order valence-corrected chi connectivity index (χ3v) is 16.0. The van der Waals surface area contributed by atoms with Gasteiger partial charge < -0.3 is 13.8 Å². The molecule has 282 valence electrons. The minimum atomic E-state index is -2.64. The molecule has 2 heteroatoms. The number of fused-ring (bicyclic) bond motifs is 4. The summed E-state index contributed by atoms with van der Waals surface area (Å²) in [5, 5.41) is 15.0. The van der Waals surface area contributed by atoms with Crippen molar-refractivity contribution in [3.63, 3.8) is 0 Å². The quantitative estimate of drug-likeness (QED) is 0.0849. The van der Waals surface area contributed by atoms with Crippen LogP contribution in [0.5, 0.6) is 0 Å². The fourth-order valence-electron chi connectivity index (χ4n) is 8.59. The van der Waals surface area contributed by atoms with Crippen molar-refractivity contribution in [2.45, 2.75) is 59.9 Å². The van der Waals surface area contributed by atoms with Gasteiger partial charge in [-0.15, -0.1) is 80.2 Å². The van der Waals surface area contributed by atoms with E-state index in [1.54, 1.807) is 0 Å². The zero-order valence-electron chi connectivity index (χ0n) is 34.3. The zero-order valence-corrected chi connectivity index (χ0v) is 38.9. The van der Waals surface area contributed by atoms with E-state index in [1.807, 2.05) is 0 Å². The summed E-state index contributed by atoms with van der Waals surface area (Å²) in [7, 11) is -2.64. The van der Waals surface area contributed by atoms with Gasteiger partial charge in [0.1, 0.15) is 8.07 Å². The number of hydrogen-bond donors (Lipinski definition) is 0. The van der Waals surface area contributed by atoms with Gasteiger partial charge in [0.15, 0.2) is 0 Å². The van der Waals surface area contributed by atoms with Crippen LogP contribution < -0.4 is 15.6 Å². The topological polar surface area (TPSA) is 0 Å². The van der Waals surface area contributed by atoms with Crippen molar-refractivity contribution >= 4 is 66.7 Å². The van der Waals surface area contributed by atoms with Crippen molar-refractivity contribution in [3.8, 4) is 22.3 Å². The van der Waals surface area contributed by atoms with Crippen LogP contribution in [0.4, 0.5) is 0 Å². The molecule has 0 aliphatic carbocycles. The van der Waals surface area contributed by atoms with Crippen LogP contribution in [0.3, 0.4) is 0 Å². The van der Waals surface area contributed by atoms with Crippen LogP contribution in [0, 0.1) is 27.7 Å².